The highest BCUT2D eigenvalue weighted by Crippen LogP contribution is 2.50. The summed E-state index contributed by atoms with van der Waals surface area (Å²) in [7, 11) is 0. The van der Waals surface area contributed by atoms with E-state index in [0.717, 1.165) is 23.7 Å². The summed E-state index contributed by atoms with van der Waals surface area (Å²) in [5.74, 6) is 0.475. The highest BCUT2D eigenvalue weighted by Gasteiger charge is 2.41. The Kier molecular flexibility index (Phi) is 2.94. The minimum atomic E-state index is 0.162. The van der Waals surface area contributed by atoms with Crippen molar-refractivity contribution in [2.24, 2.45) is 5.92 Å². The fraction of sp³-hybridized carbons (Fsp3) is 0.294. The van der Waals surface area contributed by atoms with Crippen molar-refractivity contribution in [3.05, 3.63) is 64.7 Å². The number of fused-ring (bicyclic) bond motifs is 3. The molecule has 2 heterocycles. The smallest absolute Gasteiger partial charge is 0.0897 e. The minimum Gasteiger partial charge on any atom is -0.378 e. The standard InChI is InChI=1S/C17H16ClNO/c18-12-6-7-15-14(10-12)17-13(8-9-20-17)16(19-15)11-4-2-1-3-5-11/h1-7,10,13,16-17,19H,8-9H2/t13-,16-,17+/m0/s1. The van der Waals surface area contributed by atoms with Gasteiger partial charge in [-0.05, 0) is 30.2 Å². The highest BCUT2D eigenvalue weighted by molar-refractivity contribution is 6.30. The van der Waals surface area contributed by atoms with Gasteiger partial charge in [0.15, 0.2) is 0 Å². The first-order valence-corrected chi connectivity index (χ1v) is 7.43. The average molecular weight is 286 g/mol. The zero-order valence-corrected chi connectivity index (χ0v) is 11.8. The molecule has 0 aromatic heterocycles. The molecule has 4 rings (SSSR count). The van der Waals surface area contributed by atoms with E-state index in [9.17, 15) is 0 Å². The normalized spacial score (nSPS) is 27.6. The molecule has 102 valence electrons. The van der Waals surface area contributed by atoms with Crippen LogP contribution in [0.1, 0.15) is 29.7 Å². The number of anilines is 1. The quantitative estimate of drug-likeness (QED) is 0.828. The summed E-state index contributed by atoms with van der Waals surface area (Å²) in [4.78, 5) is 0. The lowest BCUT2D eigenvalue weighted by Crippen LogP contribution is -2.29. The van der Waals surface area contributed by atoms with Gasteiger partial charge in [-0.3, -0.25) is 0 Å². The number of hydrogen-bond donors (Lipinski definition) is 1. The fourth-order valence-corrected chi connectivity index (χ4v) is 3.61. The summed E-state index contributed by atoms with van der Waals surface area (Å²) in [6, 6.07) is 17.0. The first-order valence-electron chi connectivity index (χ1n) is 7.05. The van der Waals surface area contributed by atoms with E-state index in [1.807, 2.05) is 12.1 Å². The van der Waals surface area contributed by atoms with Crippen LogP contribution in [0.4, 0.5) is 5.69 Å². The molecule has 2 nitrogen and oxygen atoms in total. The Balaban J connectivity index is 1.79. The molecule has 1 N–H and O–H groups in total. The maximum Gasteiger partial charge on any atom is 0.0897 e. The van der Waals surface area contributed by atoms with Crippen LogP contribution in [-0.4, -0.2) is 6.61 Å². The number of ether oxygens (including phenoxy) is 1. The molecule has 1 fully saturated rings. The van der Waals surface area contributed by atoms with Gasteiger partial charge in [0.2, 0.25) is 0 Å². The van der Waals surface area contributed by atoms with Crippen molar-refractivity contribution < 1.29 is 4.74 Å². The maximum atomic E-state index is 6.14. The van der Waals surface area contributed by atoms with Crippen molar-refractivity contribution >= 4 is 17.3 Å². The largest absolute Gasteiger partial charge is 0.378 e. The number of rotatable bonds is 1. The molecule has 0 spiro atoms. The van der Waals surface area contributed by atoms with Crippen LogP contribution in [0.5, 0.6) is 0 Å². The minimum absolute atomic E-state index is 0.162. The van der Waals surface area contributed by atoms with Crippen LogP contribution in [0.25, 0.3) is 0 Å². The Morgan fingerprint density at radius 1 is 1.10 bits per heavy atom. The highest BCUT2D eigenvalue weighted by atomic mass is 35.5. The van der Waals surface area contributed by atoms with Gasteiger partial charge in [0, 0.05) is 28.8 Å². The Bertz CT molecular complexity index is 628. The molecule has 2 aliphatic rings. The zero-order chi connectivity index (χ0) is 13.5. The van der Waals surface area contributed by atoms with Crippen LogP contribution in [0, 0.1) is 5.92 Å². The molecule has 2 aromatic rings. The third-order valence-electron chi connectivity index (χ3n) is 4.36. The molecular formula is C17H16ClNO. The van der Waals surface area contributed by atoms with Crippen LogP contribution < -0.4 is 5.32 Å². The van der Waals surface area contributed by atoms with E-state index in [4.69, 9.17) is 16.3 Å². The van der Waals surface area contributed by atoms with E-state index in [0.29, 0.717) is 12.0 Å². The van der Waals surface area contributed by atoms with E-state index >= 15 is 0 Å². The van der Waals surface area contributed by atoms with Crippen molar-refractivity contribution in [1.29, 1.82) is 0 Å². The second-order valence-corrected chi connectivity index (χ2v) is 5.94. The Morgan fingerprint density at radius 2 is 1.95 bits per heavy atom. The lowest BCUT2D eigenvalue weighted by molar-refractivity contribution is 0.0829. The molecule has 1 saturated heterocycles. The van der Waals surface area contributed by atoms with Gasteiger partial charge in [0.25, 0.3) is 0 Å². The lowest BCUT2D eigenvalue weighted by Gasteiger charge is -2.36. The molecule has 2 aromatic carbocycles. The molecule has 0 aliphatic carbocycles. The van der Waals surface area contributed by atoms with Crippen LogP contribution in [0.15, 0.2) is 48.5 Å². The van der Waals surface area contributed by atoms with Crippen molar-refractivity contribution in [2.45, 2.75) is 18.6 Å². The average Bonchev–Trinajstić information content (AvgIpc) is 2.97. The number of hydrogen-bond acceptors (Lipinski definition) is 2. The molecule has 20 heavy (non-hydrogen) atoms. The van der Waals surface area contributed by atoms with E-state index in [1.165, 1.54) is 11.1 Å². The molecule has 0 radical (unpaired) electrons. The second kappa shape index (κ2) is 4.80. The molecule has 2 aliphatic heterocycles. The van der Waals surface area contributed by atoms with Gasteiger partial charge in [0.1, 0.15) is 0 Å². The summed E-state index contributed by atoms with van der Waals surface area (Å²) in [6.45, 7) is 0.826. The molecular weight excluding hydrogens is 270 g/mol. The molecule has 3 heteroatoms. The van der Waals surface area contributed by atoms with Gasteiger partial charge in [-0.1, -0.05) is 41.9 Å². The third kappa shape index (κ3) is 1.91. The van der Waals surface area contributed by atoms with Crippen LogP contribution in [0.2, 0.25) is 5.02 Å². The topological polar surface area (TPSA) is 21.3 Å². The van der Waals surface area contributed by atoms with Gasteiger partial charge >= 0.3 is 0 Å². The molecule has 3 atom stereocenters. The van der Waals surface area contributed by atoms with E-state index in [2.05, 4.69) is 41.7 Å². The number of nitrogens with one attached hydrogen (secondary N) is 1. The molecule has 0 bridgehead atoms. The van der Waals surface area contributed by atoms with Crippen molar-refractivity contribution in [3.63, 3.8) is 0 Å². The maximum absolute atomic E-state index is 6.14. The van der Waals surface area contributed by atoms with Gasteiger partial charge < -0.3 is 10.1 Å². The lowest BCUT2D eigenvalue weighted by atomic mass is 9.81. The first-order chi connectivity index (χ1) is 9.83. The Hall–Kier alpha value is -1.51. The van der Waals surface area contributed by atoms with E-state index < -0.39 is 0 Å². The van der Waals surface area contributed by atoms with E-state index in [1.54, 1.807) is 0 Å². The molecule has 0 amide bonds. The summed E-state index contributed by atoms with van der Waals surface area (Å²) in [6.07, 6.45) is 1.25. The summed E-state index contributed by atoms with van der Waals surface area (Å²) in [5, 5.41) is 4.45. The monoisotopic (exact) mass is 285 g/mol. The Morgan fingerprint density at radius 3 is 2.80 bits per heavy atom. The number of benzene rings is 2. The molecule has 0 unspecified atom stereocenters. The summed E-state index contributed by atoms with van der Waals surface area (Å²) >= 11 is 6.14. The van der Waals surface area contributed by atoms with Gasteiger partial charge in [0.05, 0.1) is 12.1 Å². The predicted octanol–water partition coefficient (Wildman–Crippen LogP) is 4.58. The zero-order valence-electron chi connectivity index (χ0n) is 11.1. The van der Waals surface area contributed by atoms with Crippen molar-refractivity contribution in [3.8, 4) is 0 Å². The second-order valence-electron chi connectivity index (χ2n) is 5.51. The van der Waals surface area contributed by atoms with Gasteiger partial charge in [-0.2, -0.15) is 0 Å². The van der Waals surface area contributed by atoms with Crippen LogP contribution in [-0.2, 0) is 4.74 Å². The number of halogens is 1. The summed E-state index contributed by atoms with van der Waals surface area (Å²) in [5.41, 5.74) is 3.67. The van der Waals surface area contributed by atoms with Gasteiger partial charge in [-0.25, -0.2) is 0 Å². The Labute approximate surface area is 123 Å². The third-order valence-corrected chi connectivity index (χ3v) is 4.59. The van der Waals surface area contributed by atoms with E-state index in [-0.39, 0.29) is 6.10 Å². The van der Waals surface area contributed by atoms with Crippen molar-refractivity contribution in [1.82, 2.24) is 0 Å². The SMILES string of the molecule is Clc1ccc2c(c1)[C@@H]1OCC[C@H]1[C@H](c1ccccc1)N2. The fourth-order valence-electron chi connectivity index (χ4n) is 3.43. The summed E-state index contributed by atoms with van der Waals surface area (Å²) < 4.78 is 5.99. The van der Waals surface area contributed by atoms with Gasteiger partial charge in [-0.15, -0.1) is 0 Å². The first kappa shape index (κ1) is 12.2. The van der Waals surface area contributed by atoms with Crippen molar-refractivity contribution in [2.75, 3.05) is 11.9 Å². The van der Waals surface area contributed by atoms with Crippen LogP contribution in [0.3, 0.4) is 0 Å². The molecule has 0 saturated carbocycles. The predicted molar refractivity (Wildman–Crippen MR) is 81.1 cm³/mol. The van der Waals surface area contributed by atoms with Crippen LogP contribution >= 0.6 is 11.6 Å².